The number of carboxylic acid groups (broad SMARTS) is 1. The maximum Gasteiger partial charge on any atom is 0.338 e. The Balaban J connectivity index is 1.97. The molecule has 106 valence electrons. The fraction of sp³-hybridized carbons (Fsp3) is 0.118. The van der Waals surface area contributed by atoms with Crippen molar-refractivity contribution in [3.63, 3.8) is 0 Å². The Kier molecular flexibility index (Phi) is 3.22. The second-order valence-corrected chi connectivity index (χ2v) is 5.13. The number of nitrogens with zero attached hydrogens (tertiary/aromatic N) is 1. The van der Waals surface area contributed by atoms with Crippen molar-refractivity contribution in [1.82, 2.24) is 4.57 Å². The van der Waals surface area contributed by atoms with Crippen molar-refractivity contribution < 1.29 is 14.3 Å². The molecule has 4 heteroatoms. The molecule has 0 radical (unpaired) electrons. The van der Waals surface area contributed by atoms with Crippen LogP contribution < -0.4 is 0 Å². The summed E-state index contributed by atoms with van der Waals surface area (Å²) < 4.78 is 15.7. The van der Waals surface area contributed by atoms with Gasteiger partial charge in [-0.1, -0.05) is 18.2 Å². The summed E-state index contributed by atoms with van der Waals surface area (Å²) in [6, 6.07) is 12.4. The van der Waals surface area contributed by atoms with Crippen LogP contribution in [0.4, 0.5) is 4.39 Å². The van der Waals surface area contributed by atoms with Crippen molar-refractivity contribution >= 4 is 16.9 Å². The Morgan fingerprint density at radius 2 is 2.00 bits per heavy atom. The highest BCUT2D eigenvalue weighted by molar-refractivity contribution is 5.88. The third kappa shape index (κ3) is 2.52. The summed E-state index contributed by atoms with van der Waals surface area (Å²) in [5.41, 5.74) is 2.68. The first-order valence-corrected chi connectivity index (χ1v) is 6.62. The van der Waals surface area contributed by atoms with E-state index in [-0.39, 0.29) is 5.56 Å². The van der Waals surface area contributed by atoms with E-state index in [2.05, 4.69) is 12.1 Å². The molecule has 0 aliphatic rings. The largest absolute Gasteiger partial charge is 0.478 e. The molecule has 2 aromatic carbocycles. The monoisotopic (exact) mass is 283 g/mol. The highest BCUT2D eigenvalue weighted by Gasteiger charge is 2.11. The molecular weight excluding hydrogens is 269 g/mol. The van der Waals surface area contributed by atoms with Crippen LogP contribution in [0.2, 0.25) is 0 Å². The van der Waals surface area contributed by atoms with Crippen LogP contribution >= 0.6 is 0 Å². The predicted molar refractivity (Wildman–Crippen MR) is 79.1 cm³/mol. The zero-order valence-electron chi connectivity index (χ0n) is 11.5. The number of rotatable bonds is 3. The lowest BCUT2D eigenvalue weighted by atomic mass is 10.1. The zero-order valence-corrected chi connectivity index (χ0v) is 11.5. The van der Waals surface area contributed by atoms with Gasteiger partial charge in [0.2, 0.25) is 0 Å². The minimum atomic E-state index is -1.25. The Hall–Kier alpha value is -2.62. The molecule has 0 bridgehead atoms. The number of fused-ring (bicyclic) bond motifs is 1. The van der Waals surface area contributed by atoms with Crippen molar-refractivity contribution in [1.29, 1.82) is 0 Å². The first-order chi connectivity index (χ1) is 10.0. The Morgan fingerprint density at radius 3 is 2.71 bits per heavy atom. The van der Waals surface area contributed by atoms with Gasteiger partial charge in [-0.2, -0.15) is 0 Å². The van der Waals surface area contributed by atoms with E-state index in [0.29, 0.717) is 6.54 Å². The molecule has 3 nitrogen and oxygen atoms in total. The molecule has 1 heterocycles. The number of aromatic carboxylic acids is 1. The highest BCUT2D eigenvalue weighted by atomic mass is 19.1. The lowest BCUT2D eigenvalue weighted by molar-refractivity contribution is 0.0692. The van der Waals surface area contributed by atoms with Gasteiger partial charge >= 0.3 is 5.97 Å². The van der Waals surface area contributed by atoms with Crippen molar-refractivity contribution in [3.8, 4) is 0 Å². The van der Waals surface area contributed by atoms with Crippen LogP contribution in [0.25, 0.3) is 10.9 Å². The van der Waals surface area contributed by atoms with Gasteiger partial charge in [0, 0.05) is 18.3 Å². The molecule has 1 N–H and O–H groups in total. The van der Waals surface area contributed by atoms with Gasteiger partial charge < -0.3 is 9.67 Å². The van der Waals surface area contributed by atoms with Gasteiger partial charge in [-0.3, -0.25) is 0 Å². The standard InChI is InChI=1S/C17H14FNO2/c1-11-2-4-13-6-7-19(16(13)8-11)10-12-3-5-14(17(20)21)15(18)9-12/h2-9H,10H2,1H3,(H,20,21). The van der Waals surface area contributed by atoms with Gasteiger partial charge in [-0.05, 0) is 47.7 Å². The van der Waals surface area contributed by atoms with E-state index < -0.39 is 11.8 Å². The van der Waals surface area contributed by atoms with Crippen LogP contribution in [0, 0.1) is 12.7 Å². The van der Waals surface area contributed by atoms with E-state index in [1.165, 1.54) is 12.1 Å². The Bertz CT molecular complexity index is 836. The molecule has 3 aromatic rings. The molecule has 0 aliphatic carbocycles. The van der Waals surface area contributed by atoms with Gasteiger partial charge in [-0.25, -0.2) is 9.18 Å². The van der Waals surface area contributed by atoms with E-state index >= 15 is 0 Å². The van der Waals surface area contributed by atoms with Crippen molar-refractivity contribution in [2.75, 3.05) is 0 Å². The van der Waals surface area contributed by atoms with E-state index in [9.17, 15) is 9.18 Å². The third-order valence-corrected chi connectivity index (χ3v) is 3.55. The van der Waals surface area contributed by atoms with Crippen molar-refractivity contribution in [2.24, 2.45) is 0 Å². The van der Waals surface area contributed by atoms with Gasteiger partial charge in [-0.15, -0.1) is 0 Å². The number of aromatic nitrogens is 1. The molecule has 0 saturated heterocycles. The average Bonchev–Trinajstić information content (AvgIpc) is 2.81. The second-order valence-electron chi connectivity index (χ2n) is 5.13. The predicted octanol–water partition coefficient (Wildman–Crippen LogP) is 3.84. The Morgan fingerprint density at radius 1 is 1.19 bits per heavy atom. The number of halogens is 1. The third-order valence-electron chi connectivity index (χ3n) is 3.55. The molecule has 3 rings (SSSR count). The topological polar surface area (TPSA) is 42.2 Å². The van der Waals surface area contributed by atoms with E-state index in [0.717, 1.165) is 22.0 Å². The van der Waals surface area contributed by atoms with Crippen molar-refractivity contribution in [3.05, 3.63) is 71.2 Å². The van der Waals surface area contributed by atoms with E-state index in [1.807, 2.05) is 29.8 Å². The molecule has 0 aliphatic heterocycles. The quantitative estimate of drug-likeness (QED) is 0.793. The van der Waals surface area contributed by atoms with Gasteiger partial charge in [0.25, 0.3) is 0 Å². The minimum Gasteiger partial charge on any atom is -0.478 e. The maximum atomic E-state index is 13.7. The number of carbonyl (C=O) groups is 1. The molecule has 0 amide bonds. The normalized spacial score (nSPS) is 11.0. The minimum absolute atomic E-state index is 0.299. The van der Waals surface area contributed by atoms with Gasteiger partial charge in [0.15, 0.2) is 0 Å². The summed E-state index contributed by atoms with van der Waals surface area (Å²) in [5.74, 6) is -1.95. The first-order valence-electron chi connectivity index (χ1n) is 6.62. The van der Waals surface area contributed by atoms with Crippen LogP contribution in [0.15, 0.2) is 48.7 Å². The Labute approximate surface area is 121 Å². The second kappa shape index (κ2) is 5.05. The molecule has 1 aromatic heterocycles. The highest BCUT2D eigenvalue weighted by Crippen LogP contribution is 2.19. The van der Waals surface area contributed by atoms with Gasteiger partial charge in [0.05, 0.1) is 5.56 Å². The smallest absolute Gasteiger partial charge is 0.338 e. The number of hydrogen-bond donors (Lipinski definition) is 1. The fourth-order valence-corrected chi connectivity index (χ4v) is 2.46. The van der Waals surface area contributed by atoms with Crippen LogP contribution in [0.1, 0.15) is 21.5 Å². The molecule has 0 fully saturated rings. The summed E-state index contributed by atoms with van der Waals surface area (Å²) in [7, 11) is 0. The number of aryl methyl sites for hydroxylation is 1. The van der Waals surface area contributed by atoms with Gasteiger partial charge in [0.1, 0.15) is 5.82 Å². The summed E-state index contributed by atoms with van der Waals surface area (Å²) in [6.45, 7) is 2.53. The molecular formula is C17H14FNO2. The van der Waals surface area contributed by atoms with Crippen LogP contribution in [-0.2, 0) is 6.54 Å². The average molecular weight is 283 g/mol. The van der Waals surface area contributed by atoms with Crippen LogP contribution in [-0.4, -0.2) is 15.6 Å². The fourth-order valence-electron chi connectivity index (χ4n) is 2.46. The van der Waals surface area contributed by atoms with Crippen LogP contribution in [0.3, 0.4) is 0 Å². The van der Waals surface area contributed by atoms with E-state index in [1.54, 1.807) is 6.07 Å². The molecule has 0 spiro atoms. The SMILES string of the molecule is Cc1ccc2ccn(Cc3ccc(C(=O)O)c(F)c3)c2c1. The number of benzene rings is 2. The summed E-state index contributed by atoms with van der Waals surface area (Å²) in [6.07, 6.45) is 1.95. The molecule has 0 unspecified atom stereocenters. The summed E-state index contributed by atoms with van der Waals surface area (Å²) >= 11 is 0. The number of hydrogen-bond acceptors (Lipinski definition) is 1. The van der Waals surface area contributed by atoms with Crippen molar-refractivity contribution in [2.45, 2.75) is 13.5 Å². The maximum absolute atomic E-state index is 13.7. The first kappa shape index (κ1) is 13.4. The summed E-state index contributed by atoms with van der Waals surface area (Å²) in [5, 5.41) is 9.97. The molecule has 21 heavy (non-hydrogen) atoms. The summed E-state index contributed by atoms with van der Waals surface area (Å²) in [4.78, 5) is 10.8. The number of carboxylic acids is 1. The van der Waals surface area contributed by atoms with Crippen LogP contribution in [0.5, 0.6) is 0 Å². The van der Waals surface area contributed by atoms with E-state index in [4.69, 9.17) is 5.11 Å². The molecule has 0 saturated carbocycles. The lowest BCUT2D eigenvalue weighted by Gasteiger charge is -2.07. The lowest BCUT2D eigenvalue weighted by Crippen LogP contribution is -2.03. The zero-order chi connectivity index (χ0) is 15.0. The molecule has 0 atom stereocenters.